The molecule has 1 aromatic carbocycles. The number of azo groups is 1. The number of hydrogen-bond donors (Lipinski definition) is 3. The number of benzene rings is 1. The predicted molar refractivity (Wildman–Crippen MR) is 154 cm³/mol. The first kappa shape index (κ1) is 48.1. The topological polar surface area (TPSA) is 145 Å². The number of carbonyl (C=O) groups is 1. The zero-order valence-corrected chi connectivity index (χ0v) is 28.9. The molecule has 30 heteroatoms. The Balaban J connectivity index is 2.08. The van der Waals surface area contributed by atoms with Crippen LogP contribution in [0.5, 0.6) is 0 Å². The molecular formula is C25H21ClF17N4O6PS. The number of rotatable bonds is 18. The molecule has 10 nitrogen and oxygen atoms in total. The molecule has 1 heterocycles. The molecule has 2 rings (SSSR count). The van der Waals surface area contributed by atoms with Gasteiger partial charge in [0.15, 0.2) is 5.85 Å². The second kappa shape index (κ2) is 16.1. The molecule has 2 aromatic rings. The Labute approximate surface area is 304 Å². The van der Waals surface area contributed by atoms with E-state index in [0.717, 1.165) is 0 Å². The van der Waals surface area contributed by atoms with Crippen LogP contribution < -0.4 is 4.90 Å². The minimum atomic E-state index is -8.75. The number of carbonyl (C=O) groups excluding carboxylic acids is 1. The van der Waals surface area contributed by atoms with E-state index in [2.05, 4.69) is 19.9 Å². The summed E-state index contributed by atoms with van der Waals surface area (Å²) in [5, 5.41) is 16.5. The van der Waals surface area contributed by atoms with Crippen molar-refractivity contribution < 1.29 is 104 Å². The number of ether oxygens (including phenoxy) is 1. The predicted octanol–water partition coefficient (Wildman–Crippen LogP) is 9.54. The van der Waals surface area contributed by atoms with Crippen LogP contribution >= 0.6 is 30.5 Å². The van der Waals surface area contributed by atoms with Gasteiger partial charge in [-0.1, -0.05) is 22.9 Å². The van der Waals surface area contributed by atoms with Crippen LogP contribution in [0.3, 0.4) is 0 Å². The summed E-state index contributed by atoms with van der Waals surface area (Å²) in [4.78, 5) is 34.7. The number of likely N-dealkylation sites (N-methyl/N-ethyl adjacent to an activating group) is 1. The number of nitrogens with zero attached hydrogens (tertiary/aromatic N) is 4. The Hall–Kier alpha value is -3.07. The molecule has 1 unspecified atom stereocenters. The highest BCUT2D eigenvalue weighted by Gasteiger charge is 2.95. The van der Waals surface area contributed by atoms with Gasteiger partial charge in [-0.3, -0.25) is 9.36 Å². The lowest BCUT2D eigenvalue weighted by Gasteiger charge is -2.42. The summed E-state index contributed by atoms with van der Waals surface area (Å²) < 4.78 is 244. The van der Waals surface area contributed by atoms with E-state index in [-0.39, 0.29) is 23.9 Å². The van der Waals surface area contributed by atoms with Gasteiger partial charge in [-0.25, -0.2) is 4.98 Å². The summed E-state index contributed by atoms with van der Waals surface area (Å²) in [5.74, 6) is -61.6. The highest BCUT2D eigenvalue weighted by molar-refractivity contribution is 7.52. The molecule has 0 fully saturated rings. The fourth-order valence-corrected chi connectivity index (χ4v) is 5.99. The minimum Gasteiger partial charge on any atom is -0.464 e. The molecule has 1 aromatic heterocycles. The fraction of sp³-hybridized carbons (Fsp3) is 0.600. The molecule has 0 bridgehead atoms. The number of aliphatic hydroxyl groups is 1. The Kier molecular flexibility index (Phi) is 14.0. The van der Waals surface area contributed by atoms with Crippen molar-refractivity contribution >= 4 is 53.0 Å². The third-order valence-corrected chi connectivity index (χ3v) is 9.52. The quantitative estimate of drug-likeness (QED) is 0.0581. The molecule has 314 valence electrons. The molecule has 1 atom stereocenters. The molecule has 0 saturated heterocycles. The first-order valence-corrected chi connectivity index (χ1v) is 17.0. The number of esters is 1. The average molecular weight is 895 g/mol. The van der Waals surface area contributed by atoms with Crippen LogP contribution in [0.25, 0.3) is 0 Å². The number of alkyl halides is 17. The van der Waals surface area contributed by atoms with Crippen molar-refractivity contribution in [2.45, 2.75) is 73.2 Å². The largest absolute Gasteiger partial charge is 0.464 e. The zero-order valence-electron chi connectivity index (χ0n) is 26.4. The summed E-state index contributed by atoms with van der Waals surface area (Å²) >= 11 is 6.25. The van der Waals surface area contributed by atoms with Gasteiger partial charge in [0.1, 0.15) is 11.8 Å². The second-order valence-electron chi connectivity index (χ2n) is 10.8. The van der Waals surface area contributed by atoms with Crippen LogP contribution in [0, 0.1) is 0 Å². The first-order valence-electron chi connectivity index (χ1n) is 14.1. The smallest absolute Gasteiger partial charge is 0.460 e. The Morgan fingerprint density at radius 1 is 0.836 bits per heavy atom. The van der Waals surface area contributed by atoms with Gasteiger partial charge in [-0.05, 0) is 31.2 Å². The molecule has 55 heavy (non-hydrogen) atoms. The molecule has 3 N–H and O–H groups in total. The molecule has 0 aliphatic heterocycles. The van der Waals surface area contributed by atoms with E-state index in [9.17, 15) is 89.1 Å². The van der Waals surface area contributed by atoms with Gasteiger partial charge in [0, 0.05) is 18.7 Å². The molecule has 0 spiro atoms. The van der Waals surface area contributed by atoms with E-state index in [1.54, 1.807) is 0 Å². The summed E-state index contributed by atoms with van der Waals surface area (Å²) in [6.07, 6.45) is -12.9. The van der Waals surface area contributed by atoms with E-state index in [1.165, 1.54) is 36.1 Å². The van der Waals surface area contributed by atoms with E-state index < -0.39 is 96.5 Å². The van der Waals surface area contributed by atoms with Crippen molar-refractivity contribution in [3.05, 3.63) is 34.3 Å². The number of hydrogen-bond acceptors (Lipinski definition) is 9. The van der Waals surface area contributed by atoms with Gasteiger partial charge in [0.2, 0.25) is 5.13 Å². The lowest BCUT2D eigenvalue weighted by molar-refractivity contribution is -0.461. The average Bonchev–Trinajstić information content (AvgIpc) is 3.43. The van der Waals surface area contributed by atoms with Crippen LogP contribution in [0.4, 0.5) is 91.1 Å². The highest BCUT2D eigenvalue weighted by Crippen LogP contribution is 2.64. The van der Waals surface area contributed by atoms with E-state index >= 15 is 0 Å². The van der Waals surface area contributed by atoms with E-state index in [1.807, 2.05) is 0 Å². The van der Waals surface area contributed by atoms with Gasteiger partial charge < -0.3 is 24.5 Å². The number of thiazole rings is 1. The number of anilines is 1. The highest BCUT2D eigenvalue weighted by atomic mass is 35.5. The second-order valence-corrected chi connectivity index (χ2v) is 13.8. The third-order valence-electron chi connectivity index (χ3n) is 7.05. The van der Waals surface area contributed by atoms with Crippen molar-refractivity contribution in [1.29, 1.82) is 0 Å². The normalized spacial score (nSPS) is 15.1. The van der Waals surface area contributed by atoms with Crippen molar-refractivity contribution in [3.63, 3.8) is 0 Å². The van der Waals surface area contributed by atoms with Crippen LogP contribution in [0.1, 0.15) is 30.5 Å². The van der Waals surface area contributed by atoms with Crippen LogP contribution in [-0.2, 0) is 14.1 Å². The fourth-order valence-electron chi connectivity index (χ4n) is 3.91. The maximum absolute atomic E-state index is 14.1. The van der Waals surface area contributed by atoms with Crippen molar-refractivity contribution in [2.24, 2.45) is 10.2 Å². The zero-order chi connectivity index (χ0) is 43.0. The summed E-state index contributed by atoms with van der Waals surface area (Å²) in [6, 6.07) is 5.41. The van der Waals surface area contributed by atoms with Gasteiger partial charge in [-0.15, -0.1) is 10.2 Å². The Morgan fingerprint density at radius 3 is 1.76 bits per heavy atom. The van der Waals surface area contributed by atoms with Crippen LogP contribution in [-0.4, -0.2) is 93.2 Å². The standard InChI is InChI=1S/C25H21ClF17N4O6PS/c1-2-47(12-5-3-11(4-6-12)45-46-17-44-15(26)14(55-17)16(49)54(50,51)52)9-10-53-13(48)7-8-18(27,28)19(29,30)20(31,32)21(33,34)22(35,36)23(37,38)24(39,40)25(41,42)43/h3-6,16,49H,2,7-10H2,1H3,(H2,50,51,52)/b46-45+. The van der Waals surface area contributed by atoms with Gasteiger partial charge in [0.05, 0.1) is 23.5 Å². The molecule has 0 amide bonds. The van der Waals surface area contributed by atoms with E-state index in [4.69, 9.17) is 21.4 Å². The number of aliphatic hydroxyl groups excluding tert-OH is 1. The maximum atomic E-state index is 14.1. The van der Waals surface area contributed by atoms with Crippen molar-refractivity contribution in [1.82, 2.24) is 4.98 Å². The number of halogens is 18. The SMILES string of the molecule is CCN(CCOC(=O)CCC(F)(F)C(F)(F)C(F)(F)C(F)(F)C(F)(F)C(F)(F)C(F)(F)C(F)(F)F)c1ccc(/N=N/c2nc(Cl)c(C(O)P(=O)(O)O)s2)cc1. The third kappa shape index (κ3) is 9.23. The Bertz CT molecular complexity index is 1740. The van der Waals surface area contributed by atoms with Crippen LogP contribution in [0.15, 0.2) is 34.5 Å². The summed E-state index contributed by atoms with van der Waals surface area (Å²) in [6.45, 7) is 0.515. The van der Waals surface area contributed by atoms with Crippen molar-refractivity contribution in [3.8, 4) is 0 Å². The maximum Gasteiger partial charge on any atom is 0.460 e. The Morgan fingerprint density at radius 2 is 1.31 bits per heavy atom. The van der Waals surface area contributed by atoms with Crippen LogP contribution in [0.2, 0.25) is 5.15 Å². The van der Waals surface area contributed by atoms with E-state index in [0.29, 0.717) is 17.0 Å². The molecule has 0 aliphatic rings. The lowest BCUT2D eigenvalue weighted by Crippen LogP contribution is -2.74. The lowest BCUT2D eigenvalue weighted by atomic mass is 9.88. The first-order chi connectivity index (χ1) is 24.5. The molecule has 0 radical (unpaired) electrons. The molecular weight excluding hydrogens is 874 g/mol. The minimum absolute atomic E-state index is 0.104. The monoisotopic (exact) mass is 894 g/mol. The van der Waals surface area contributed by atoms with Gasteiger partial charge in [-0.2, -0.15) is 74.6 Å². The van der Waals surface area contributed by atoms with Crippen molar-refractivity contribution in [2.75, 3.05) is 24.6 Å². The summed E-state index contributed by atoms with van der Waals surface area (Å²) in [7, 11) is -5.00. The molecule has 0 aliphatic carbocycles. The van der Waals surface area contributed by atoms with Gasteiger partial charge in [0.25, 0.3) is 0 Å². The van der Waals surface area contributed by atoms with Gasteiger partial charge >= 0.3 is 61.2 Å². The molecule has 0 saturated carbocycles. The number of aromatic nitrogens is 1. The summed E-state index contributed by atoms with van der Waals surface area (Å²) in [5.41, 5.74) is 0.457.